The van der Waals surface area contributed by atoms with Gasteiger partial charge >= 0.3 is 18.9 Å². The van der Waals surface area contributed by atoms with Crippen molar-refractivity contribution >= 4 is 5.71 Å². The van der Waals surface area contributed by atoms with Crippen molar-refractivity contribution in [2.24, 2.45) is 4.99 Å². The van der Waals surface area contributed by atoms with Crippen LogP contribution in [0.1, 0.15) is 20.3 Å². The number of hydrogen-bond acceptors (Lipinski definition) is 3. The van der Waals surface area contributed by atoms with Gasteiger partial charge in [-0.3, -0.25) is 4.99 Å². The van der Waals surface area contributed by atoms with Gasteiger partial charge in [0.1, 0.15) is 0 Å². The van der Waals surface area contributed by atoms with Gasteiger partial charge in [0, 0.05) is 26.0 Å². The van der Waals surface area contributed by atoms with Gasteiger partial charge in [-0.15, -0.1) is 5.76 Å². The third kappa shape index (κ3) is 11.8. The zero-order valence-corrected chi connectivity index (χ0v) is 8.96. The average Bonchev–Trinajstić information content (AvgIpc) is 1.97. The minimum absolute atomic E-state index is 0. The molecule has 4 heteroatoms. The maximum absolute atomic E-state index is 10.6. The molecule has 3 nitrogen and oxygen atoms in total. The van der Waals surface area contributed by atoms with E-state index in [0.717, 1.165) is 25.3 Å². The van der Waals surface area contributed by atoms with Gasteiger partial charge in [-0.25, -0.2) is 0 Å². The van der Waals surface area contributed by atoms with Crippen LogP contribution in [0.5, 0.6) is 0 Å². The molecule has 0 atom stereocenters. The summed E-state index contributed by atoms with van der Waals surface area (Å²) in [6.07, 6.45) is 2.44. The van der Waals surface area contributed by atoms with E-state index in [2.05, 4.69) is 4.99 Å². The van der Waals surface area contributed by atoms with E-state index in [9.17, 15) is 5.11 Å². The first-order chi connectivity index (χ1) is 5.66. The SMILES string of the molecule is COCCCN=C(C)C=C(C)[O-].[Li+]. The van der Waals surface area contributed by atoms with Crippen molar-refractivity contribution in [3.05, 3.63) is 11.8 Å². The molecule has 0 N–H and O–H groups in total. The molecule has 13 heavy (non-hydrogen) atoms. The molecule has 0 spiro atoms. The Morgan fingerprint density at radius 1 is 1.46 bits per heavy atom. The second-order valence-corrected chi connectivity index (χ2v) is 2.62. The summed E-state index contributed by atoms with van der Waals surface area (Å²) in [5.74, 6) is 0.0444. The van der Waals surface area contributed by atoms with Crippen LogP contribution in [-0.4, -0.2) is 26.0 Å². The number of nitrogens with zero attached hydrogens (tertiary/aromatic N) is 1. The Morgan fingerprint density at radius 3 is 2.54 bits per heavy atom. The summed E-state index contributed by atoms with van der Waals surface area (Å²) in [6.45, 7) is 4.79. The van der Waals surface area contributed by atoms with E-state index in [-0.39, 0.29) is 24.6 Å². The number of ether oxygens (including phenoxy) is 1. The summed E-state index contributed by atoms with van der Waals surface area (Å²) in [5.41, 5.74) is 0.790. The molecule has 0 amide bonds. The van der Waals surface area contributed by atoms with E-state index in [1.165, 1.54) is 13.0 Å². The number of hydrogen-bond donors (Lipinski definition) is 0. The molecule has 0 radical (unpaired) electrons. The minimum Gasteiger partial charge on any atom is -0.876 e. The molecule has 70 valence electrons. The summed E-state index contributed by atoms with van der Waals surface area (Å²) in [6, 6.07) is 0. The monoisotopic (exact) mass is 177 g/mol. The fourth-order valence-electron chi connectivity index (χ4n) is 0.804. The molecule has 0 bridgehead atoms. The predicted octanol–water partition coefficient (Wildman–Crippen LogP) is -2.25. The standard InChI is InChI=1S/C9H17NO2.Li/c1-8(7-9(2)11)10-5-4-6-12-3;/h7,11H,4-6H2,1-3H3;/q;+1/p-1. The first kappa shape index (κ1) is 15.2. The van der Waals surface area contributed by atoms with Gasteiger partial charge in [0.15, 0.2) is 0 Å². The molecule has 0 aliphatic heterocycles. The van der Waals surface area contributed by atoms with E-state index in [0.29, 0.717) is 0 Å². The van der Waals surface area contributed by atoms with Crippen molar-refractivity contribution < 1.29 is 28.7 Å². The Kier molecular flexibility index (Phi) is 11.6. The van der Waals surface area contributed by atoms with Crippen LogP contribution in [0, 0.1) is 0 Å². The minimum atomic E-state index is 0. The van der Waals surface area contributed by atoms with Gasteiger partial charge in [0.25, 0.3) is 0 Å². The molecular weight excluding hydrogens is 161 g/mol. The number of methoxy groups -OCH3 is 1. The Hall–Kier alpha value is -0.233. The fraction of sp³-hybridized carbons (Fsp3) is 0.667. The second-order valence-electron chi connectivity index (χ2n) is 2.62. The van der Waals surface area contributed by atoms with Crippen molar-refractivity contribution in [2.75, 3.05) is 20.3 Å². The molecule has 0 unspecified atom stereocenters. The maximum Gasteiger partial charge on any atom is 1.00 e. The van der Waals surface area contributed by atoms with Crippen molar-refractivity contribution in [3.63, 3.8) is 0 Å². The molecule has 0 aromatic heterocycles. The zero-order chi connectivity index (χ0) is 9.40. The smallest absolute Gasteiger partial charge is 0.876 e. The van der Waals surface area contributed by atoms with E-state index < -0.39 is 0 Å². The molecule has 0 aliphatic carbocycles. The summed E-state index contributed by atoms with van der Waals surface area (Å²) in [7, 11) is 1.66. The Balaban J connectivity index is 0. The summed E-state index contributed by atoms with van der Waals surface area (Å²) in [5, 5.41) is 10.6. The fourth-order valence-corrected chi connectivity index (χ4v) is 0.804. The van der Waals surface area contributed by atoms with Crippen molar-refractivity contribution in [1.29, 1.82) is 0 Å². The van der Waals surface area contributed by atoms with Gasteiger partial charge in [0.2, 0.25) is 0 Å². The van der Waals surface area contributed by atoms with Crippen LogP contribution in [0.4, 0.5) is 0 Å². The Bertz CT molecular complexity index is 174. The summed E-state index contributed by atoms with van der Waals surface area (Å²) < 4.78 is 4.86. The quantitative estimate of drug-likeness (QED) is 0.206. The van der Waals surface area contributed by atoms with Crippen LogP contribution >= 0.6 is 0 Å². The third-order valence-electron chi connectivity index (χ3n) is 1.28. The molecule has 0 heterocycles. The first-order valence-corrected chi connectivity index (χ1v) is 4.02. The van der Waals surface area contributed by atoms with Crippen molar-refractivity contribution in [1.82, 2.24) is 0 Å². The van der Waals surface area contributed by atoms with E-state index >= 15 is 0 Å². The molecule has 0 saturated carbocycles. The van der Waals surface area contributed by atoms with E-state index in [1.54, 1.807) is 7.11 Å². The van der Waals surface area contributed by atoms with Crippen LogP contribution in [0.2, 0.25) is 0 Å². The number of aliphatic imine (C=N–C) groups is 1. The molecular formula is C9H16LiNO2. The molecule has 0 aromatic carbocycles. The summed E-state index contributed by atoms with van der Waals surface area (Å²) >= 11 is 0. The van der Waals surface area contributed by atoms with Gasteiger partial charge in [-0.1, -0.05) is 13.0 Å². The van der Waals surface area contributed by atoms with Crippen LogP contribution in [0.15, 0.2) is 16.8 Å². The maximum atomic E-state index is 10.6. The van der Waals surface area contributed by atoms with Crippen LogP contribution < -0.4 is 24.0 Å². The van der Waals surface area contributed by atoms with E-state index in [1.807, 2.05) is 6.92 Å². The zero-order valence-electron chi connectivity index (χ0n) is 8.96. The van der Waals surface area contributed by atoms with Crippen LogP contribution in [0.25, 0.3) is 0 Å². The van der Waals surface area contributed by atoms with Gasteiger partial charge in [-0.2, -0.15) is 0 Å². The topological polar surface area (TPSA) is 44.6 Å². The average molecular weight is 177 g/mol. The molecule has 0 rings (SSSR count). The third-order valence-corrected chi connectivity index (χ3v) is 1.28. The van der Waals surface area contributed by atoms with E-state index in [4.69, 9.17) is 4.74 Å². The normalized spacial score (nSPS) is 12.5. The summed E-state index contributed by atoms with van der Waals surface area (Å²) in [4.78, 5) is 4.16. The van der Waals surface area contributed by atoms with Gasteiger partial charge in [-0.05, 0) is 13.3 Å². The largest absolute Gasteiger partial charge is 1.00 e. The van der Waals surface area contributed by atoms with Crippen LogP contribution in [0.3, 0.4) is 0 Å². The Morgan fingerprint density at radius 2 is 2.08 bits per heavy atom. The molecule has 0 saturated heterocycles. The second kappa shape index (κ2) is 9.85. The molecule has 0 aliphatic rings. The predicted molar refractivity (Wildman–Crippen MR) is 48.2 cm³/mol. The van der Waals surface area contributed by atoms with Crippen molar-refractivity contribution in [2.45, 2.75) is 20.3 Å². The number of allylic oxidation sites excluding steroid dienone is 2. The van der Waals surface area contributed by atoms with Gasteiger partial charge < -0.3 is 9.84 Å². The molecule has 0 aromatic rings. The van der Waals surface area contributed by atoms with Crippen LogP contribution in [-0.2, 0) is 4.74 Å². The molecule has 0 fully saturated rings. The Labute approximate surface area is 92.1 Å². The number of rotatable bonds is 5. The van der Waals surface area contributed by atoms with Crippen molar-refractivity contribution in [3.8, 4) is 0 Å². The first-order valence-electron chi connectivity index (χ1n) is 4.02. The van der Waals surface area contributed by atoms with Gasteiger partial charge in [0.05, 0.1) is 0 Å².